The molecule has 0 radical (unpaired) electrons. The van der Waals surface area contributed by atoms with E-state index in [9.17, 15) is 10.1 Å². The maximum absolute atomic E-state index is 10.7. The molecule has 0 aliphatic carbocycles. The number of hydrogen-bond donors (Lipinski definition) is 0. The van der Waals surface area contributed by atoms with E-state index in [0.717, 1.165) is 32.7 Å². The maximum atomic E-state index is 10.7. The number of nitrogens with zero attached hydrogens (tertiary/aromatic N) is 3. The maximum Gasteiger partial charge on any atom is 0.272 e. The lowest BCUT2D eigenvalue weighted by molar-refractivity contribution is -0.385. The Morgan fingerprint density at radius 3 is 2.60 bits per heavy atom. The first kappa shape index (κ1) is 14.7. The Bertz CT molecular complexity index is 471. The van der Waals surface area contributed by atoms with Gasteiger partial charge in [0.2, 0.25) is 0 Å². The van der Waals surface area contributed by atoms with E-state index in [1.807, 2.05) is 0 Å². The van der Waals surface area contributed by atoms with Gasteiger partial charge < -0.3 is 9.64 Å². The highest BCUT2D eigenvalue weighted by molar-refractivity contribution is 5.44. The summed E-state index contributed by atoms with van der Waals surface area (Å²) in [5.74, 6) is 0.697. The molecule has 20 heavy (non-hydrogen) atoms. The minimum absolute atomic E-state index is 0.136. The van der Waals surface area contributed by atoms with Crippen LogP contribution < -0.4 is 4.74 Å². The molecule has 110 valence electrons. The molecule has 0 saturated carbocycles. The largest absolute Gasteiger partial charge is 0.492 e. The van der Waals surface area contributed by atoms with Gasteiger partial charge in [0, 0.05) is 44.4 Å². The lowest BCUT2D eigenvalue weighted by Crippen LogP contribution is -2.45. The van der Waals surface area contributed by atoms with Crippen molar-refractivity contribution in [3.63, 3.8) is 0 Å². The van der Waals surface area contributed by atoms with Gasteiger partial charge in [0.1, 0.15) is 12.4 Å². The zero-order valence-electron chi connectivity index (χ0n) is 12.0. The topological polar surface area (TPSA) is 58.8 Å². The van der Waals surface area contributed by atoms with Crippen LogP contribution in [0, 0.1) is 17.0 Å². The van der Waals surface area contributed by atoms with Crippen LogP contribution in [0.25, 0.3) is 0 Å². The van der Waals surface area contributed by atoms with Crippen LogP contribution >= 0.6 is 0 Å². The predicted molar refractivity (Wildman–Crippen MR) is 77.3 cm³/mol. The molecule has 0 bridgehead atoms. The summed E-state index contributed by atoms with van der Waals surface area (Å²) in [6.07, 6.45) is 0. The highest BCUT2D eigenvalue weighted by Crippen LogP contribution is 2.22. The second kappa shape index (κ2) is 6.67. The number of benzene rings is 1. The van der Waals surface area contributed by atoms with E-state index >= 15 is 0 Å². The van der Waals surface area contributed by atoms with Gasteiger partial charge in [-0.2, -0.15) is 0 Å². The number of nitro benzene ring substituents is 1. The van der Waals surface area contributed by atoms with Gasteiger partial charge in [-0.1, -0.05) is 0 Å². The van der Waals surface area contributed by atoms with Crippen LogP contribution in [0.15, 0.2) is 18.2 Å². The average Bonchev–Trinajstić information content (AvgIpc) is 2.41. The van der Waals surface area contributed by atoms with Crippen molar-refractivity contribution < 1.29 is 9.66 Å². The molecule has 0 N–H and O–H groups in total. The summed E-state index contributed by atoms with van der Waals surface area (Å²) in [4.78, 5) is 15.1. The summed E-state index contributed by atoms with van der Waals surface area (Å²) < 4.78 is 5.67. The van der Waals surface area contributed by atoms with Crippen molar-refractivity contribution in [1.82, 2.24) is 9.80 Å². The molecule has 1 heterocycles. The Hall–Kier alpha value is -1.66. The van der Waals surface area contributed by atoms with Gasteiger partial charge in [-0.05, 0) is 26.1 Å². The molecule has 0 unspecified atom stereocenters. The van der Waals surface area contributed by atoms with Crippen LogP contribution in [-0.2, 0) is 0 Å². The van der Waals surface area contributed by atoms with Crippen molar-refractivity contribution in [2.24, 2.45) is 0 Å². The molecule has 1 aromatic carbocycles. The Kier molecular flexibility index (Phi) is 4.92. The molecule has 1 aliphatic heterocycles. The van der Waals surface area contributed by atoms with Crippen molar-refractivity contribution in [3.8, 4) is 5.75 Å². The summed E-state index contributed by atoms with van der Waals surface area (Å²) in [5, 5.41) is 10.7. The van der Waals surface area contributed by atoms with Crippen LogP contribution in [0.1, 0.15) is 5.56 Å². The van der Waals surface area contributed by atoms with Crippen molar-refractivity contribution in [1.29, 1.82) is 0 Å². The number of hydrogen-bond acceptors (Lipinski definition) is 5. The third-order valence-electron chi connectivity index (χ3n) is 3.64. The first-order chi connectivity index (χ1) is 9.56. The highest BCUT2D eigenvalue weighted by atomic mass is 16.6. The zero-order chi connectivity index (χ0) is 14.5. The van der Waals surface area contributed by atoms with E-state index in [0.29, 0.717) is 17.9 Å². The van der Waals surface area contributed by atoms with Gasteiger partial charge in [0.05, 0.1) is 4.92 Å². The molecule has 1 aromatic rings. The second-order valence-electron chi connectivity index (χ2n) is 5.20. The molecule has 1 saturated heterocycles. The smallest absolute Gasteiger partial charge is 0.272 e. The molecule has 1 fully saturated rings. The van der Waals surface area contributed by atoms with Crippen LogP contribution in [-0.4, -0.2) is 61.1 Å². The van der Waals surface area contributed by atoms with Crippen molar-refractivity contribution >= 4 is 5.69 Å². The summed E-state index contributed by atoms with van der Waals surface area (Å²) in [7, 11) is 2.13. The third-order valence-corrected chi connectivity index (χ3v) is 3.64. The lowest BCUT2D eigenvalue weighted by atomic mass is 10.2. The third kappa shape index (κ3) is 3.91. The molecule has 0 atom stereocenters. The summed E-state index contributed by atoms with van der Waals surface area (Å²) in [5.41, 5.74) is 0.767. The lowest BCUT2D eigenvalue weighted by Gasteiger charge is -2.32. The molecule has 0 aromatic heterocycles. The minimum atomic E-state index is -0.372. The number of aryl methyl sites for hydroxylation is 1. The molecular weight excluding hydrogens is 258 g/mol. The standard InChI is InChI=1S/C14H21N3O3/c1-12-11-13(3-4-14(12)17(18)19)20-10-9-16-7-5-15(2)6-8-16/h3-4,11H,5-10H2,1-2H3. The Morgan fingerprint density at radius 1 is 1.30 bits per heavy atom. The van der Waals surface area contributed by atoms with E-state index in [-0.39, 0.29) is 10.6 Å². The van der Waals surface area contributed by atoms with Crippen LogP contribution in [0.3, 0.4) is 0 Å². The normalized spacial score (nSPS) is 17.1. The van der Waals surface area contributed by atoms with Gasteiger partial charge in [-0.15, -0.1) is 0 Å². The van der Waals surface area contributed by atoms with Gasteiger partial charge in [-0.3, -0.25) is 15.0 Å². The van der Waals surface area contributed by atoms with Crippen molar-refractivity contribution in [2.75, 3.05) is 46.4 Å². The SMILES string of the molecule is Cc1cc(OCCN2CCN(C)CC2)ccc1[N+](=O)[O-]. The Labute approximate surface area is 119 Å². The summed E-state index contributed by atoms with van der Waals surface area (Å²) in [6.45, 7) is 7.56. The molecule has 2 rings (SSSR count). The fourth-order valence-corrected chi connectivity index (χ4v) is 2.29. The first-order valence-electron chi connectivity index (χ1n) is 6.85. The predicted octanol–water partition coefficient (Wildman–Crippen LogP) is 1.53. The van der Waals surface area contributed by atoms with Crippen LogP contribution in [0.2, 0.25) is 0 Å². The molecule has 6 nitrogen and oxygen atoms in total. The van der Waals surface area contributed by atoms with Gasteiger partial charge in [0.15, 0.2) is 0 Å². The number of piperazine rings is 1. The quantitative estimate of drug-likeness (QED) is 0.604. The van der Waals surface area contributed by atoms with Crippen LogP contribution in [0.5, 0.6) is 5.75 Å². The van der Waals surface area contributed by atoms with Crippen molar-refractivity contribution in [3.05, 3.63) is 33.9 Å². The van der Waals surface area contributed by atoms with E-state index in [1.165, 1.54) is 6.07 Å². The molecule has 0 amide bonds. The molecule has 1 aliphatic rings. The Balaban J connectivity index is 1.79. The highest BCUT2D eigenvalue weighted by Gasteiger charge is 2.14. The van der Waals surface area contributed by atoms with Crippen molar-refractivity contribution in [2.45, 2.75) is 6.92 Å². The fourth-order valence-electron chi connectivity index (χ4n) is 2.29. The monoisotopic (exact) mass is 279 g/mol. The number of ether oxygens (including phenoxy) is 1. The number of rotatable bonds is 5. The second-order valence-corrected chi connectivity index (χ2v) is 5.20. The van der Waals surface area contributed by atoms with Gasteiger partial charge >= 0.3 is 0 Å². The summed E-state index contributed by atoms with van der Waals surface area (Å²) >= 11 is 0. The fraction of sp³-hybridized carbons (Fsp3) is 0.571. The zero-order valence-corrected chi connectivity index (χ0v) is 12.0. The Morgan fingerprint density at radius 2 is 2.00 bits per heavy atom. The van der Waals surface area contributed by atoms with Gasteiger partial charge in [-0.25, -0.2) is 0 Å². The summed E-state index contributed by atoms with van der Waals surface area (Å²) in [6, 6.07) is 4.89. The molecule has 6 heteroatoms. The minimum Gasteiger partial charge on any atom is -0.492 e. The average molecular weight is 279 g/mol. The number of likely N-dealkylation sites (N-methyl/N-ethyl adjacent to an activating group) is 1. The van der Waals surface area contributed by atoms with E-state index < -0.39 is 0 Å². The van der Waals surface area contributed by atoms with E-state index in [1.54, 1.807) is 19.1 Å². The number of nitro groups is 1. The van der Waals surface area contributed by atoms with Crippen LogP contribution in [0.4, 0.5) is 5.69 Å². The van der Waals surface area contributed by atoms with Gasteiger partial charge in [0.25, 0.3) is 5.69 Å². The van der Waals surface area contributed by atoms with E-state index in [2.05, 4.69) is 16.8 Å². The molecule has 0 spiro atoms. The first-order valence-corrected chi connectivity index (χ1v) is 6.85. The van der Waals surface area contributed by atoms with E-state index in [4.69, 9.17) is 4.74 Å². The molecular formula is C14H21N3O3.